The first-order valence-electron chi connectivity index (χ1n) is 7.12. The maximum atomic E-state index is 6.07. The topological polar surface area (TPSA) is 24.5 Å². The molecule has 104 valence electrons. The van der Waals surface area contributed by atoms with Crippen molar-refractivity contribution >= 4 is 23.5 Å². The monoisotopic (exact) mass is 288 g/mol. The summed E-state index contributed by atoms with van der Waals surface area (Å²) in [6.45, 7) is 5.45. The molecule has 3 aliphatic heterocycles. The molecule has 1 N–H and O–H groups in total. The second-order valence-corrected chi connectivity index (χ2v) is 7.85. The number of likely N-dealkylation sites (tertiary alicyclic amines) is 1. The molecule has 0 unspecified atom stereocenters. The number of hydrogen-bond donors (Lipinski definition) is 1. The molecule has 3 nitrogen and oxygen atoms in total. The van der Waals surface area contributed by atoms with Gasteiger partial charge in [0.25, 0.3) is 0 Å². The average molecular weight is 288 g/mol. The molecule has 0 aliphatic carbocycles. The van der Waals surface area contributed by atoms with Gasteiger partial charge in [-0.25, -0.2) is 0 Å². The quantitative estimate of drug-likeness (QED) is 0.784. The van der Waals surface area contributed by atoms with Crippen molar-refractivity contribution in [3.8, 4) is 0 Å². The van der Waals surface area contributed by atoms with Crippen LogP contribution in [0.3, 0.4) is 0 Å². The zero-order valence-corrected chi connectivity index (χ0v) is 12.7. The Labute approximate surface area is 119 Å². The van der Waals surface area contributed by atoms with Crippen molar-refractivity contribution in [1.29, 1.82) is 0 Å². The summed E-state index contributed by atoms with van der Waals surface area (Å²) in [7, 11) is 0. The number of nitrogens with zero attached hydrogens (tertiary/aromatic N) is 1. The summed E-state index contributed by atoms with van der Waals surface area (Å²) in [5.74, 6) is 5.34. The van der Waals surface area contributed by atoms with Gasteiger partial charge in [-0.2, -0.15) is 23.5 Å². The van der Waals surface area contributed by atoms with Crippen LogP contribution in [0.15, 0.2) is 0 Å². The second-order valence-electron chi connectivity index (χ2n) is 5.55. The number of hydrogen-bond acceptors (Lipinski definition) is 5. The van der Waals surface area contributed by atoms with Crippen molar-refractivity contribution in [3.63, 3.8) is 0 Å². The molecule has 0 aromatic heterocycles. The van der Waals surface area contributed by atoms with Gasteiger partial charge in [-0.1, -0.05) is 0 Å². The second kappa shape index (κ2) is 6.35. The van der Waals surface area contributed by atoms with Crippen molar-refractivity contribution in [2.75, 3.05) is 55.8 Å². The van der Waals surface area contributed by atoms with Crippen molar-refractivity contribution in [2.45, 2.75) is 24.5 Å². The molecule has 3 heterocycles. The van der Waals surface area contributed by atoms with E-state index < -0.39 is 0 Å². The van der Waals surface area contributed by atoms with Gasteiger partial charge in [0.1, 0.15) is 0 Å². The van der Waals surface area contributed by atoms with Gasteiger partial charge in [0.15, 0.2) is 0 Å². The number of rotatable bonds is 1. The van der Waals surface area contributed by atoms with E-state index in [9.17, 15) is 0 Å². The highest BCUT2D eigenvalue weighted by Gasteiger charge is 2.38. The van der Waals surface area contributed by atoms with Crippen LogP contribution in [0.2, 0.25) is 0 Å². The van der Waals surface area contributed by atoms with Gasteiger partial charge in [0.2, 0.25) is 0 Å². The predicted molar refractivity (Wildman–Crippen MR) is 80.8 cm³/mol. The molecule has 3 rings (SSSR count). The number of piperidine rings is 1. The van der Waals surface area contributed by atoms with E-state index in [0.717, 1.165) is 25.7 Å². The molecule has 18 heavy (non-hydrogen) atoms. The molecule has 1 spiro atoms. The summed E-state index contributed by atoms with van der Waals surface area (Å²) >= 11 is 4.28. The smallest absolute Gasteiger partial charge is 0.0831 e. The van der Waals surface area contributed by atoms with E-state index in [1.165, 1.54) is 48.9 Å². The highest BCUT2D eigenvalue weighted by molar-refractivity contribution is 8.03. The summed E-state index contributed by atoms with van der Waals surface area (Å²) < 4.78 is 6.07. The van der Waals surface area contributed by atoms with E-state index in [-0.39, 0.29) is 5.60 Å². The zero-order valence-electron chi connectivity index (χ0n) is 11.0. The molecular formula is C13H24N2OS2. The van der Waals surface area contributed by atoms with Crippen molar-refractivity contribution < 1.29 is 4.74 Å². The predicted octanol–water partition coefficient (Wildman–Crippen LogP) is 1.29. The third-order valence-electron chi connectivity index (χ3n) is 4.35. The number of nitrogens with one attached hydrogen (secondary N) is 1. The van der Waals surface area contributed by atoms with E-state index in [1.807, 2.05) is 0 Å². The first-order chi connectivity index (χ1) is 8.88. The van der Waals surface area contributed by atoms with Gasteiger partial charge in [0.05, 0.1) is 12.2 Å². The fraction of sp³-hybridized carbons (Fsp3) is 1.00. The number of morpholine rings is 1. The van der Waals surface area contributed by atoms with E-state index in [1.54, 1.807) is 0 Å². The van der Waals surface area contributed by atoms with Crippen molar-refractivity contribution in [3.05, 3.63) is 0 Å². The van der Waals surface area contributed by atoms with Crippen LogP contribution in [-0.4, -0.2) is 72.3 Å². The first-order valence-corrected chi connectivity index (χ1v) is 9.43. The minimum absolute atomic E-state index is 0.166. The minimum atomic E-state index is 0.166. The molecule has 5 heteroatoms. The van der Waals surface area contributed by atoms with E-state index >= 15 is 0 Å². The van der Waals surface area contributed by atoms with Gasteiger partial charge >= 0.3 is 0 Å². The fourth-order valence-corrected chi connectivity index (χ4v) is 5.77. The van der Waals surface area contributed by atoms with Crippen LogP contribution in [0.25, 0.3) is 0 Å². The standard InChI is InChI=1S/C13H24N2OS2/c1-4-15(12-9-17-7-8-18-10-12)5-2-13(1)11-14-3-6-16-13/h12,14H,1-11H2. The van der Waals surface area contributed by atoms with Crippen LogP contribution < -0.4 is 5.32 Å². The summed E-state index contributed by atoms with van der Waals surface area (Å²) in [6, 6.07) is 0.802. The molecule has 3 fully saturated rings. The van der Waals surface area contributed by atoms with Crippen LogP contribution in [0.5, 0.6) is 0 Å². The summed E-state index contributed by atoms with van der Waals surface area (Å²) in [5.41, 5.74) is 0.166. The highest BCUT2D eigenvalue weighted by atomic mass is 32.2. The van der Waals surface area contributed by atoms with Crippen LogP contribution >= 0.6 is 23.5 Å². The van der Waals surface area contributed by atoms with Gasteiger partial charge in [-0.15, -0.1) is 0 Å². The maximum absolute atomic E-state index is 6.07. The minimum Gasteiger partial charge on any atom is -0.372 e. The van der Waals surface area contributed by atoms with Crippen LogP contribution in [0.1, 0.15) is 12.8 Å². The lowest BCUT2D eigenvalue weighted by atomic mass is 9.89. The highest BCUT2D eigenvalue weighted by Crippen LogP contribution is 2.30. The van der Waals surface area contributed by atoms with Crippen molar-refractivity contribution in [2.24, 2.45) is 0 Å². The Hall–Kier alpha value is 0.580. The van der Waals surface area contributed by atoms with Crippen LogP contribution in [0.4, 0.5) is 0 Å². The molecule has 0 bridgehead atoms. The van der Waals surface area contributed by atoms with Gasteiger partial charge in [0, 0.05) is 55.2 Å². The molecule has 0 aromatic rings. The molecule has 3 saturated heterocycles. The molecule has 3 aliphatic rings. The number of ether oxygens (including phenoxy) is 1. The third kappa shape index (κ3) is 3.18. The molecule has 0 aromatic carbocycles. The Balaban J connectivity index is 1.52. The van der Waals surface area contributed by atoms with Gasteiger partial charge < -0.3 is 10.1 Å². The molecule has 0 atom stereocenters. The average Bonchev–Trinajstić information content (AvgIpc) is 2.70. The zero-order chi connectivity index (χ0) is 12.3. The summed E-state index contributed by atoms with van der Waals surface area (Å²) in [6.07, 6.45) is 2.43. The third-order valence-corrected chi connectivity index (χ3v) is 6.84. The lowest BCUT2D eigenvalue weighted by Crippen LogP contribution is -2.57. The van der Waals surface area contributed by atoms with Crippen molar-refractivity contribution in [1.82, 2.24) is 10.2 Å². The Kier molecular flexibility index (Phi) is 4.79. The lowest BCUT2D eigenvalue weighted by molar-refractivity contribution is -0.102. The molecule has 0 amide bonds. The number of thioether (sulfide) groups is 2. The Morgan fingerprint density at radius 3 is 2.44 bits per heavy atom. The normalized spacial score (nSPS) is 31.3. The van der Waals surface area contributed by atoms with Crippen LogP contribution in [-0.2, 0) is 4.74 Å². The van der Waals surface area contributed by atoms with Crippen LogP contribution in [0, 0.1) is 0 Å². The molecule has 0 radical (unpaired) electrons. The van der Waals surface area contributed by atoms with E-state index in [4.69, 9.17) is 4.74 Å². The summed E-state index contributed by atoms with van der Waals surface area (Å²) in [5, 5.41) is 3.50. The first kappa shape index (κ1) is 13.6. The Morgan fingerprint density at radius 1 is 1.11 bits per heavy atom. The summed E-state index contributed by atoms with van der Waals surface area (Å²) in [4.78, 5) is 2.72. The SMILES string of the molecule is C1COC2(CCN(C3CSCCSC3)CC2)CN1. The van der Waals surface area contributed by atoms with E-state index in [2.05, 4.69) is 33.7 Å². The Morgan fingerprint density at radius 2 is 1.83 bits per heavy atom. The Bertz CT molecular complexity index is 254. The molecular weight excluding hydrogens is 264 g/mol. The molecule has 0 saturated carbocycles. The van der Waals surface area contributed by atoms with Gasteiger partial charge in [-0.3, -0.25) is 4.90 Å². The van der Waals surface area contributed by atoms with Gasteiger partial charge in [-0.05, 0) is 12.8 Å². The maximum Gasteiger partial charge on any atom is 0.0831 e. The van der Waals surface area contributed by atoms with E-state index in [0.29, 0.717) is 0 Å². The fourth-order valence-electron chi connectivity index (χ4n) is 3.14. The lowest BCUT2D eigenvalue weighted by Gasteiger charge is -2.46. The largest absolute Gasteiger partial charge is 0.372 e.